The largest absolute Gasteiger partial charge is 0.493 e. The molecular weight excluding hydrogens is 514 g/mol. The number of aliphatic hydroxyl groups is 1. The number of methoxy groups -OCH3 is 2. The van der Waals surface area contributed by atoms with Crippen LogP contribution in [0.15, 0.2) is 36.4 Å². The van der Waals surface area contributed by atoms with Gasteiger partial charge < -0.3 is 29.0 Å². The lowest BCUT2D eigenvalue weighted by molar-refractivity contribution is -0.384. The summed E-state index contributed by atoms with van der Waals surface area (Å²) in [4.78, 5) is 49.3. The van der Waals surface area contributed by atoms with E-state index in [1.54, 1.807) is 4.90 Å². The molecule has 1 atom stereocenters. The number of nitro benzene ring substituents is 1. The van der Waals surface area contributed by atoms with Crippen molar-refractivity contribution in [3.8, 4) is 11.5 Å². The molecule has 0 spiro atoms. The number of likely N-dealkylation sites (tertiary alicyclic amines) is 1. The zero-order valence-electron chi connectivity index (χ0n) is 21.7. The van der Waals surface area contributed by atoms with Gasteiger partial charge in [0.1, 0.15) is 6.61 Å². The third-order valence-electron chi connectivity index (χ3n) is 6.15. The minimum atomic E-state index is -0.871. The highest BCUT2D eigenvalue weighted by Gasteiger charge is 2.31. The molecule has 13 nitrogen and oxygen atoms in total. The third kappa shape index (κ3) is 7.80. The maximum absolute atomic E-state index is 13.5. The SMILES string of the molecule is COC(=O)CCCOc1cc(NC(=O)OCc2ccc([N+](=O)[O-])cc2)c(C(=O)N2CCCC2CO)cc1OC. The van der Waals surface area contributed by atoms with Gasteiger partial charge in [-0.05, 0) is 43.0 Å². The Balaban J connectivity index is 1.80. The highest BCUT2D eigenvalue weighted by atomic mass is 16.6. The Hall–Kier alpha value is -4.39. The molecule has 1 fully saturated rings. The lowest BCUT2D eigenvalue weighted by atomic mass is 10.1. The summed E-state index contributed by atoms with van der Waals surface area (Å²) in [6.45, 7) is 0.229. The number of nitrogens with one attached hydrogen (secondary N) is 1. The molecule has 2 N–H and O–H groups in total. The van der Waals surface area contributed by atoms with Gasteiger partial charge >= 0.3 is 12.1 Å². The van der Waals surface area contributed by atoms with E-state index < -0.39 is 16.9 Å². The van der Waals surface area contributed by atoms with Gasteiger partial charge in [-0.25, -0.2) is 4.79 Å². The molecule has 1 aliphatic heterocycles. The Morgan fingerprint density at radius 1 is 1.15 bits per heavy atom. The number of amides is 2. The van der Waals surface area contributed by atoms with Gasteiger partial charge in [-0.3, -0.25) is 25.0 Å². The van der Waals surface area contributed by atoms with Crippen molar-refractivity contribution < 1.29 is 43.4 Å². The predicted octanol–water partition coefficient (Wildman–Crippen LogP) is 3.28. The molecule has 0 bridgehead atoms. The number of rotatable bonds is 12. The monoisotopic (exact) mass is 545 g/mol. The zero-order valence-corrected chi connectivity index (χ0v) is 21.7. The fraction of sp³-hybridized carbons (Fsp3) is 0.423. The van der Waals surface area contributed by atoms with Crippen LogP contribution in [0.3, 0.4) is 0 Å². The van der Waals surface area contributed by atoms with Gasteiger partial charge in [-0.15, -0.1) is 0 Å². The van der Waals surface area contributed by atoms with Crippen LogP contribution in [0.25, 0.3) is 0 Å². The molecule has 13 heteroatoms. The highest BCUT2D eigenvalue weighted by molar-refractivity contribution is 6.03. The van der Waals surface area contributed by atoms with Gasteiger partial charge in [0.2, 0.25) is 0 Å². The standard InChI is InChI=1S/C26H31N3O10/c1-36-22-13-20(25(32)28-11-3-5-19(28)15-30)21(14-23(22)38-12-4-6-24(31)37-2)27-26(33)39-16-17-7-9-18(10-8-17)29(34)35/h7-10,13-14,19,30H,3-6,11-12,15-16H2,1-2H3,(H,27,33). The molecule has 1 unspecified atom stereocenters. The van der Waals surface area contributed by atoms with Crippen LogP contribution < -0.4 is 14.8 Å². The topological polar surface area (TPSA) is 167 Å². The molecule has 0 saturated carbocycles. The number of carbonyl (C=O) groups is 3. The number of carbonyl (C=O) groups excluding carboxylic acids is 3. The van der Waals surface area contributed by atoms with E-state index in [0.717, 1.165) is 6.42 Å². The first-order valence-corrected chi connectivity index (χ1v) is 12.3. The third-order valence-corrected chi connectivity index (χ3v) is 6.15. The van der Waals surface area contributed by atoms with E-state index in [2.05, 4.69) is 10.1 Å². The molecule has 3 rings (SSSR count). The first-order chi connectivity index (χ1) is 18.8. The fourth-order valence-corrected chi connectivity index (χ4v) is 4.07. The second-order valence-corrected chi connectivity index (χ2v) is 8.68. The Labute approximate surface area is 224 Å². The summed E-state index contributed by atoms with van der Waals surface area (Å²) in [5.74, 6) is -0.327. The lowest BCUT2D eigenvalue weighted by Crippen LogP contribution is -2.38. The number of hydrogen-bond donors (Lipinski definition) is 2. The molecule has 2 amide bonds. The first kappa shape index (κ1) is 29.2. The van der Waals surface area contributed by atoms with Crippen molar-refractivity contribution in [1.29, 1.82) is 0 Å². The quantitative estimate of drug-likeness (QED) is 0.175. The number of nitro groups is 1. The number of esters is 1. The normalized spacial score (nSPS) is 14.4. The van der Waals surface area contributed by atoms with Crippen molar-refractivity contribution in [2.75, 3.05) is 39.3 Å². The molecule has 2 aromatic carbocycles. The minimum Gasteiger partial charge on any atom is -0.493 e. The second-order valence-electron chi connectivity index (χ2n) is 8.68. The summed E-state index contributed by atoms with van der Waals surface area (Å²) in [7, 11) is 2.70. The second kappa shape index (κ2) is 14.0. The van der Waals surface area contributed by atoms with Crippen molar-refractivity contribution in [2.45, 2.75) is 38.3 Å². The Bertz CT molecular complexity index is 1190. The van der Waals surface area contributed by atoms with Crippen molar-refractivity contribution >= 4 is 29.3 Å². The van der Waals surface area contributed by atoms with Gasteiger partial charge in [-0.1, -0.05) is 0 Å². The van der Waals surface area contributed by atoms with Crippen LogP contribution in [0.5, 0.6) is 11.5 Å². The summed E-state index contributed by atoms with van der Waals surface area (Å²) in [5.41, 5.74) is 0.647. The van der Waals surface area contributed by atoms with Gasteiger partial charge in [0.25, 0.3) is 11.6 Å². The summed E-state index contributed by atoms with van der Waals surface area (Å²) in [6, 6.07) is 8.06. The van der Waals surface area contributed by atoms with Crippen molar-refractivity contribution in [3.63, 3.8) is 0 Å². The van der Waals surface area contributed by atoms with Crippen LogP contribution in [0.4, 0.5) is 16.2 Å². The summed E-state index contributed by atoms with van der Waals surface area (Å²) < 4.78 is 21.1. The Morgan fingerprint density at radius 2 is 1.90 bits per heavy atom. The number of aliphatic hydroxyl groups excluding tert-OH is 1. The molecule has 1 aliphatic rings. The molecule has 0 aromatic heterocycles. The maximum atomic E-state index is 13.5. The average Bonchev–Trinajstić information content (AvgIpc) is 3.43. The van der Waals surface area contributed by atoms with Crippen molar-refractivity contribution in [3.05, 3.63) is 57.6 Å². The van der Waals surface area contributed by atoms with Gasteiger partial charge in [0, 0.05) is 31.2 Å². The highest BCUT2D eigenvalue weighted by Crippen LogP contribution is 2.35. The van der Waals surface area contributed by atoms with Crippen LogP contribution in [-0.4, -0.2) is 72.9 Å². The molecule has 0 radical (unpaired) electrons. The van der Waals surface area contributed by atoms with E-state index in [4.69, 9.17) is 14.2 Å². The summed E-state index contributed by atoms with van der Waals surface area (Å²) in [5, 5.41) is 23.1. The average molecular weight is 546 g/mol. The van der Waals surface area contributed by atoms with Crippen molar-refractivity contribution in [1.82, 2.24) is 4.90 Å². The smallest absolute Gasteiger partial charge is 0.411 e. The van der Waals surface area contributed by atoms with Crippen LogP contribution in [0.1, 0.15) is 41.6 Å². The van der Waals surface area contributed by atoms with Crippen LogP contribution >= 0.6 is 0 Å². The lowest BCUT2D eigenvalue weighted by Gasteiger charge is -2.25. The van der Waals surface area contributed by atoms with Gasteiger partial charge in [0.15, 0.2) is 11.5 Å². The molecule has 1 heterocycles. The fourth-order valence-electron chi connectivity index (χ4n) is 4.07. The molecule has 2 aromatic rings. The number of nitrogens with zero attached hydrogens (tertiary/aromatic N) is 2. The molecule has 39 heavy (non-hydrogen) atoms. The number of hydrogen-bond acceptors (Lipinski definition) is 10. The van der Waals surface area contributed by atoms with E-state index >= 15 is 0 Å². The van der Waals surface area contributed by atoms with Gasteiger partial charge in [-0.2, -0.15) is 0 Å². The Kier molecular flexibility index (Phi) is 10.4. The molecule has 1 saturated heterocycles. The van der Waals surface area contributed by atoms with E-state index in [-0.39, 0.29) is 66.7 Å². The van der Waals surface area contributed by atoms with Crippen LogP contribution in [0, 0.1) is 10.1 Å². The molecular formula is C26H31N3O10. The van der Waals surface area contributed by atoms with E-state index in [1.165, 1.54) is 50.6 Å². The Morgan fingerprint density at radius 3 is 2.54 bits per heavy atom. The van der Waals surface area contributed by atoms with Crippen molar-refractivity contribution in [2.24, 2.45) is 0 Å². The number of non-ortho nitro benzene ring substituents is 1. The molecule has 0 aliphatic carbocycles. The minimum absolute atomic E-state index is 0.0909. The summed E-state index contributed by atoms with van der Waals surface area (Å²) in [6.07, 6.45) is 1.02. The van der Waals surface area contributed by atoms with E-state index in [0.29, 0.717) is 24.9 Å². The number of ether oxygens (including phenoxy) is 4. The molecule has 210 valence electrons. The predicted molar refractivity (Wildman–Crippen MR) is 138 cm³/mol. The maximum Gasteiger partial charge on any atom is 0.411 e. The first-order valence-electron chi connectivity index (χ1n) is 12.3. The van der Waals surface area contributed by atoms with Gasteiger partial charge in [0.05, 0.1) is 49.6 Å². The number of anilines is 1. The van der Waals surface area contributed by atoms with Crippen LogP contribution in [0.2, 0.25) is 0 Å². The number of benzene rings is 2. The zero-order chi connectivity index (χ0) is 28.4. The van der Waals surface area contributed by atoms with E-state index in [1.807, 2.05) is 0 Å². The summed E-state index contributed by atoms with van der Waals surface area (Å²) >= 11 is 0. The van der Waals surface area contributed by atoms with Crippen LogP contribution in [-0.2, 0) is 20.9 Å². The van der Waals surface area contributed by atoms with E-state index in [9.17, 15) is 29.6 Å².